The molecule has 4 fully saturated rings. The highest BCUT2D eigenvalue weighted by Crippen LogP contribution is 2.67. The summed E-state index contributed by atoms with van der Waals surface area (Å²) in [5.74, 6) is 3.48. The summed E-state index contributed by atoms with van der Waals surface area (Å²) in [6.45, 7) is 21.6. The van der Waals surface area contributed by atoms with Gasteiger partial charge in [0.2, 0.25) is 0 Å². The van der Waals surface area contributed by atoms with E-state index < -0.39 is 16.6 Å². The average molecular weight is 508 g/mol. The van der Waals surface area contributed by atoms with E-state index in [4.69, 9.17) is 18.8 Å². The van der Waals surface area contributed by atoms with Crippen LogP contribution in [0.1, 0.15) is 72.1 Å². The molecule has 0 spiro atoms. The zero-order valence-electron chi connectivity index (χ0n) is 23.9. The van der Waals surface area contributed by atoms with Crippen molar-refractivity contribution in [2.45, 2.75) is 124 Å². The van der Waals surface area contributed by atoms with Gasteiger partial charge in [-0.2, -0.15) is 0 Å². The third-order valence-electron chi connectivity index (χ3n) is 10.2. The van der Waals surface area contributed by atoms with Crippen LogP contribution in [0.5, 0.6) is 0 Å². The van der Waals surface area contributed by atoms with Crippen molar-refractivity contribution in [2.75, 3.05) is 7.11 Å². The molecule has 34 heavy (non-hydrogen) atoms. The molecule has 196 valence electrons. The summed E-state index contributed by atoms with van der Waals surface area (Å²) in [4.78, 5) is 5.56. The highest BCUT2D eigenvalue weighted by molar-refractivity contribution is 6.70. The molecule has 9 atom stereocenters. The lowest BCUT2D eigenvalue weighted by atomic mass is 9.44. The summed E-state index contributed by atoms with van der Waals surface area (Å²) in [6.07, 6.45) is 11.0. The molecule has 4 nitrogen and oxygen atoms in total. The van der Waals surface area contributed by atoms with E-state index in [1.807, 2.05) is 0 Å². The van der Waals surface area contributed by atoms with Gasteiger partial charge in [-0.15, -0.1) is 0 Å². The first-order valence-electron chi connectivity index (χ1n) is 14.1. The van der Waals surface area contributed by atoms with Crippen LogP contribution in [0.2, 0.25) is 39.3 Å². The Kier molecular flexibility index (Phi) is 7.34. The lowest BCUT2D eigenvalue weighted by molar-refractivity contribution is -0.0867. The maximum absolute atomic E-state index is 6.68. The number of fused-ring (bicyclic) bond motifs is 5. The molecule has 3 unspecified atom stereocenters. The summed E-state index contributed by atoms with van der Waals surface area (Å²) in [6, 6.07) is 0. The molecule has 0 N–H and O–H groups in total. The van der Waals surface area contributed by atoms with E-state index in [1.165, 1.54) is 50.7 Å². The Morgan fingerprint density at radius 1 is 0.912 bits per heavy atom. The number of nitrogens with zero attached hydrogens (tertiary/aromatic N) is 1. The first-order chi connectivity index (χ1) is 15.7. The van der Waals surface area contributed by atoms with Crippen molar-refractivity contribution >= 4 is 22.3 Å². The van der Waals surface area contributed by atoms with Gasteiger partial charge in [0.25, 0.3) is 0 Å². The Bertz CT molecular complexity index is 775. The fraction of sp³-hybridized carbons (Fsp3) is 0.964. The molecule has 4 saturated carbocycles. The van der Waals surface area contributed by atoms with Gasteiger partial charge in [0.1, 0.15) is 7.11 Å². The molecule has 0 heterocycles. The average Bonchev–Trinajstić information content (AvgIpc) is 3.02. The van der Waals surface area contributed by atoms with E-state index in [1.54, 1.807) is 7.11 Å². The SMILES string of the molecule is CON=C1C[C@@]2(C)C(CC[C@@H]2[C@H](C)O[Si](C)(C)C)C2CC[C@@H]3C[C@@H](O[Si](C)(C)C)CC[C@]3(C)C12. The minimum atomic E-state index is -1.57. The third-order valence-corrected chi connectivity index (χ3v) is 12.3. The van der Waals surface area contributed by atoms with Crippen LogP contribution in [0, 0.1) is 40.4 Å². The summed E-state index contributed by atoms with van der Waals surface area (Å²) >= 11 is 0. The van der Waals surface area contributed by atoms with Gasteiger partial charge in [-0.25, -0.2) is 0 Å². The van der Waals surface area contributed by atoms with Gasteiger partial charge in [0.05, 0.1) is 5.71 Å². The number of hydrogen-bond donors (Lipinski definition) is 0. The van der Waals surface area contributed by atoms with E-state index in [-0.39, 0.29) is 5.41 Å². The quantitative estimate of drug-likeness (QED) is 0.273. The van der Waals surface area contributed by atoms with Crippen LogP contribution in [0.25, 0.3) is 0 Å². The van der Waals surface area contributed by atoms with Crippen molar-refractivity contribution in [3.8, 4) is 0 Å². The molecule has 0 aliphatic heterocycles. The van der Waals surface area contributed by atoms with E-state index in [0.29, 0.717) is 29.5 Å². The molecule has 0 saturated heterocycles. The van der Waals surface area contributed by atoms with Crippen molar-refractivity contribution in [3.05, 3.63) is 0 Å². The highest BCUT2D eigenvalue weighted by atomic mass is 28.4. The summed E-state index contributed by atoms with van der Waals surface area (Å²) < 4.78 is 13.3. The standard InChI is InChI=1S/C28H53NO3Si2/c1-19(31-33(5,6)7)23-13-14-24-22-12-11-20-17-21(32-34(8,9)10)15-16-27(20,2)26(22)25(29-30-4)18-28(23,24)3/h19-24,26H,11-18H2,1-10H3/t19-,20+,21-,22?,23+,24?,26?,27-,28+/m0/s1. The van der Waals surface area contributed by atoms with E-state index >= 15 is 0 Å². The monoisotopic (exact) mass is 507 g/mol. The zero-order valence-corrected chi connectivity index (χ0v) is 25.9. The molecular formula is C28H53NO3Si2. The predicted molar refractivity (Wildman–Crippen MR) is 147 cm³/mol. The van der Waals surface area contributed by atoms with Crippen LogP contribution >= 0.6 is 0 Å². The van der Waals surface area contributed by atoms with Crippen LogP contribution in [-0.2, 0) is 13.7 Å². The van der Waals surface area contributed by atoms with E-state index in [9.17, 15) is 0 Å². The zero-order chi connectivity index (χ0) is 25.1. The number of rotatable bonds is 6. The minimum absolute atomic E-state index is 0.277. The van der Waals surface area contributed by atoms with Crippen molar-refractivity contribution in [2.24, 2.45) is 45.6 Å². The van der Waals surface area contributed by atoms with Crippen molar-refractivity contribution in [1.29, 1.82) is 0 Å². The number of hydrogen-bond acceptors (Lipinski definition) is 4. The van der Waals surface area contributed by atoms with Gasteiger partial charge in [0.15, 0.2) is 16.6 Å². The lowest BCUT2D eigenvalue weighted by Crippen LogP contribution is -2.58. The summed E-state index contributed by atoms with van der Waals surface area (Å²) in [7, 11) is -1.32. The largest absolute Gasteiger partial charge is 0.415 e. The number of oxime groups is 1. The van der Waals surface area contributed by atoms with Crippen molar-refractivity contribution < 1.29 is 13.7 Å². The summed E-state index contributed by atoms with van der Waals surface area (Å²) in [5, 5.41) is 4.82. The highest BCUT2D eigenvalue weighted by Gasteiger charge is 2.63. The minimum Gasteiger partial charge on any atom is -0.415 e. The van der Waals surface area contributed by atoms with Gasteiger partial charge in [-0.3, -0.25) is 0 Å². The van der Waals surface area contributed by atoms with E-state index in [0.717, 1.165) is 24.2 Å². The van der Waals surface area contributed by atoms with Gasteiger partial charge >= 0.3 is 0 Å². The van der Waals surface area contributed by atoms with Crippen molar-refractivity contribution in [1.82, 2.24) is 0 Å². The fourth-order valence-electron chi connectivity index (χ4n) is 9.33. The van der Waals surface area contributed by atoms with Crippen LogP contribution in [-0.4, -0.2) is 41.7 Å². The predicted octanol–water partition coefficient (Wildman–Crippen LogP) is 7.72. The smallest absolute Gasteiger partial charge is 0.184 e. The lowest BCUT2D eigenvalue weighted by Gasteiger charge is -2.61. The molecule has 4 aliphatic rings. The normalized spacial score (nSPS) is 44.8. The van der Waals surface area contributed by atoms with Gasteiger partial charge < -0.3 is 13.7 Å². The Labute approximate surface area is 212 Å². The van der Waals surface area contributed by atoms with Crippen LogP contribution < -0.4 is 0 Å². The maximum Gasteiger partial charge on any atom is 0.184 e. The van der Waals surface area contributed by atoms with Gasteiger partial charge in [0, 0.05) is 18.1 Å². The summed E-state index contributed by atoms with van der Waals surface area (Å²) in [5.41, 5.74) is 1.98. The molecule has 4 aliphatic carbocycles. The maximum atomic E-state index is 6.68. The Hall–Kier alpha value is -0.176. The second kappa shape index (κ2) is 9.29. The molecule has 0 bridgehead atoms. The first kappa shape index (κ1) is 26.9. The molecular weight excluding hydrogens is 454 g/mol. The van der Waals surface area contributed by atoms with E-state index in [2.05, 4.69) is 60.1 Å². The molecule has 0 aromatic heterocycles. The molecule has 6 heteroatoms. The van der Waals surface area contributed by atoms with Crippen LogP contribution in [0.15, 0.2) is 5.16 Å². The Balaban J connectivity index is 1.60. The van der Waals surface area contributed by atoms with Gasteiger partial charge in [-0.1, -0.05) is 19.0 Å². The molecule has 0 radical (unpaired) electrons. The molecule has 4 rings (SSSR count). The third kappa shape index (κ3) is 4.99. The van der Waals surface area contributed by atoms with Gasteiger partial charge in [-0.05, 0) is 132 Å². The Morgan fingerprint density at radius 3 is 2.24 bits per heavy atom. The van der Waals surface area contributed by atoms with Crippen LogP contribution in [0.4, 0.5) is 0 Å². The van der Waals surface area contributed by atoms with Crippen molar-refractivity contribution in [3.63, 3.8) is 0 Å². The second-order valence-corrected chi connectivity index (χ2v) is 23.6. The second-order valence-electron chi connectivity index (χ2n) is 14.7. The molecule has 0 aromatic carbocycles. The fourth-order valence-corrected chi connectivity index (χ4v) is 11.8. The first-order valence-corrected chi connectivity index (χ1v) is 20.9. The Morgan fingerprint density at radius 2 is 1.62 bits per heavy atom. The topological polar surface area (TPSA) is 40.0 Å². The molecule has 0 amide bonds. The molecule has 0 aromatic rings. The van der Waals surface area contributed by atoms with Crippen LogP contribution in [0.3, 0.4) is 0 Å².